The molecule has 0 aliphatic rings. The van der Waals surface area contributed by atoms with Gasteiger partial charge >= 0.3 is 15.5 Å². The molecule has 0 spiro atoms. The van der Waals surface area contributed by atoms with Crippen LogP contribution in [0, 0.1) is 0 Å². The molecule has 116 valence electrons. The van der Waals surface area contributed by atoms with Crippen molar-refractivity contribution in [2.75, 3.05) is 14.1 Å². The molecular weight excluding hydrogens is 331 g/mol. The van der Waals surface area contributed by atoms with Crippen molar-refractivity contribution in [3.63, 3.8) is 0 Å². The summed E-state index contributed by atoms with van der Waals surface area (Å²) >= 11 is 5.90. The van der Waals surface area contributed by atoms with Crippen LogP contribution in [0.3, 0.4) is 0 Å². The quantitative estimate of drug-likeness (QED) is 0.860. The van der Waals surface area contributed by atoms with Gasteiger partial charge in [-0.3, -0.25) is 0 Å². The van der Waals surface area contributed by atoms with Gasteiger partial charge in [-0.05, 0) is 26.2 Å². The number of pyridine rings is 1. The first-order valence-corrected chi connectivity index (χ1v) is 7.49. The van der Waals surface area contributed by atoms with E-state index in [1.165, 1.54) is 18.3 Å². The van der Waals surface area contributed by atoms with Gasteiger partial charge in [-0.25, -0.2) is 8.96 Å². The van der Waals surface area contributed by atoms with E-state index in [2.05, 4.69) is 4.98 Å². The van der Waals surface area contributed by atoms with Crippen LogP contribution in [-0.2, 0) is 16.6 Å². The van der Waals surface area contributed by atoms with Gasteiger partial charge in [0.2, 0.25) is 0 Å². The van der Waals surface area contributed by atoms with Gasteiger partial charge in [0.15, 0.2) is 5.65 Å². The number of hydrogen-bond acceptors (Lipinski definition) is 4. The summed E-state index contributed by atoms with van der Waals surface area (Å²) in [6, 6.07) is 2.98. The zero-order valence-corrected chi connectivity index (χ0v) is 12.6. The minimum Gasteiger partial charge on any atom is -0.305 e. The van der Waals surface area contributed by atoms with Crippen molar-refractivity contribution in [2.24, 2.45) is 0 Å². The van der Waals surface area contributed by atoms with Crippen molar-refractivity contribution >= 4 is 32.7 Å². The Bertz CT molecular complexity index is 784. The van der Waals surface area contributed by atoms with Gasteiger partial charge < -0.3 is 4.90 Å². The van der Waals surface area contributed by atoms with E-state index in [0.717, 1.165) is 0 Å². The Balaban J connectivity index is 2.86. The molecule has 0 radical (unpaired) electrons. The molecule has 0 aromatic carbocycles. The Kier molecular flexibility index (Phi) is 3.94. The highest BCUT2D eigenvalue weighted by Gasteiger charge is 2.49. The molecule has 0 bridgehead atoms. The van der Waals surface area contributed by atoms with Crippen LogP contribution in [-0.4, -0.2) is 41.9 Å². The van der Waals surface area contributed by atoms with E-state index in [1.54, 1.807) is 19.0 Å². The maximum Gasteiger partial charge on any atom is 0.517 e. The zero-order valence-electron chi connectivity index (χ0n) is 11.0. The Morgan fingerprint density at radius 2 is 2.00 bits per heavy atom. The molecule has 0 fully saturated rings. The number of rotatable bonds is 3. The molecule has 0 saturated carbocycles. The highest BCUT2D eigenvalue weighted by atomic mass is 35.5. The van der Waals surface area contributed by atoms with E-state index in [4.69, 9.17) is 11.6 Å². The van der Waals surface area contributed by atoms with Crippen LogP contribution in [0.2, 0.25) is 5.15 Å². The standard InChI is InChI=1S/C11H11ClF3N3O2S/c1-17(2)6-8-7-4-3-5-16-10(7)18(9(8)12)21(19,20)11(13,14)15/h3-5H,6H2,1-2H3. The summed E-state index contributed by atoms with van der Waals surface area (Å²) in [4.78, 5) is 5.40. The van der Waals surface area contributed by atoms with Crippen LogP contribution < -0.4 is 0 Å². The van der Waals surface area contributed by atoms with E-state index >= 15 is 0 Å². The second kappa shape index (κ2) is 5.15. The highest BCUT2D eigenvalue weighted by Crippen LogP contribution is 2.36. The van der Waals surface area contributed by atoms with Gasteiger partial charge in [0.05, 0.1) is 0 Å². The largest absolute Gasteiger partial charge is 0.517 e. The van der Waals surface area contributed by atoms with Crippen molar-refractivity contribution in [1.82, 2.24) is 13.9 Å². The average Bonchev–Trinajstić information content (AvgIpc) is 2.61. The van der Waals surface area contributed by atoms with E-state index in [1.807, 2.05) is 0 Å². The van der Waals surface area contributed by atoms with Gasteiger partial charge in [-0.15, -0.1) is 0 Å². The topological polar surface area (TPSA) is 55.2 Å². The summed E-state index contributed by atoms with van der Waals surface area (Å²) in [5, 5.41) is -0.237. The fourth-order valence-corrected chi connectivity index (χ4v) is 3.33. The molecule has 10 heteroatoms. The molecule has 2 aromatic heterocycles. The summed E-state index contributed by atoms with van der Waals surface area (Å²) in [5.74, 6) is 0. The van der Waals surface area contributed by atoms with Gasteiger partial charge in [0.1, 0.15) is 5.15 Å². The molecule has 0 amide bonds. The smallest absolute Gasteiger partial charge is 0.305 e. The normalized spacial score (nSPS) is 13.3. The van der Waals surface area contributed by atoms with Gasteiger partial charge in [0.25, 0.3) is 0 Å². The molecule has 2 rings (SSSR count). The third-order valence-electron chi connectivity index (χ3n) is 2.74. The predicted molar refractivity (Wildman–Crippen MR) is 72.5 cm³/mol. The van der Waals surface area contributed by atoms with Crippen LogP contribution in [0.1, 0.15) is 5.56 Å². The molecule has 5 nitrogen and oxygen atoms in total. The summed E-state index contributed by atoms with van der Waals surface area (Å²) in [5.41, 5.74) is -5.52. The van der Waals surface area contributed by atoms with Gasteiger partial charge in [0, 0.05) is 23.7 Å². The number of fused-ring (bicyclic) bond motifs is 1. The Morgan fingerprint density at radius 1 is 1.38 bits per heavy atom. The maximum atomic E-state index is 12.8. The van der Waals surface area contributed by atoms with E-state index in [0.29, 0.717) is 0 Å². The van der Waals surface area contributed by atoms with E-state index < -0.39 is 20.7 Å². The first kappa shape index (κ1) is 16.1. The van der Waals surface area contributed by atoms with Crippen LogP contribution >= 0.6 is 11.6 Å². The van der Waals surface area contributed by atoms with Crippen molar-refractivity contribution in [3.8, 4) is 0 Å². The first-order chi connectivity index (χ1) is 9.57. The Hall–Kier alpha value is -1.32. The summed E-state index contributed by atoms with van der Waals surface area (Å²) < 4.78 is 61.8. The molecule has 0 atom stereocenters. The lowest BCUT2D eigenvalue weighted by Crippen LogP contribution is -2.30. The van der Waals surface area contributed by atoms with Crippen LogP contribution in [0.5, 0.6) is 0 Å². The minimum atomic E-state index is -5.64. The number of aromatic nitrogens is 2. The van der Waals surface area contributed by atoms with Crippen molar-refractivity contribution in [3.05, 3.63) is 29.0 Å². The Labute approximate surface area is 124 Å². The maximum absolute atomic E-state index is 12.8. The summed E-state index contributed by atoms with van der Waals surface area (Å²) in [7, 11) is -2.27. The molecule has 0 aliphatic heterocycles. The third-order valence-corrected chi connectivity index (χ3v) is 4.66. The molecule has 2 aromatic rings. The Morgan fingerprint density at radius 3 is 2.52 bits per heavy atom. The predicted octanol–water partition coefficient (Wildman–Crippen LogP) is 2.45. The number of alkyl halides is 3. The number of halogens is 4. The fraction of sp³-hybridized carbons (Fsp3) is 0.364. The number of nitrogens with zero attached hydrogens (tertiary/aromatic N) is 3. The summed E-state index contributed by atoms with van der Waals surface area (Å²) in [6.07, 6.45) is 1.21. The second-order valence-electron chi connectivity index (χ2n) is 4.60. The molecular formula is C11H11ClF3N3O2S. The van der Waals surface area contributed by atoms with Gasteiger partial charge in [-0.2, -0.15) is 21.6 Å². The van der Waals surface area contributed by atoms with Crippen LogP contribution in [0.15, 0.2) is 18.3 Å². The van der Waals surface area contributed by atoms with Crippen LogP contribution in [0.4, 0.5) is 13.2 Å². The van der Waals surface area contributed by atoms with E-state index in [9.17, 15) is 21.6 Å². The third kappa shape index (κ3) is 2.60. The highest BCUT2D eigenvalue weighted by molar-refractivity contribution is 7.91. The van der Waals surface area contributed by atoms with Crippen molar-refractivity contribution in [2.45, 2.75) is 12.1 Å². The SMILES string of the molecule is CN(C)Cc1c(Cl)n(S(=O)(=O)C(F)(F)F)c2ncccc12. The van der Waals surface area contributed by atoms with Crippen molar-refractivity contribution < 1.29 is 21.6 Å². The average molecular weight is 342 g/mol. The lowest BCUT2D eigenvalue weighted by atomic mass is 10.2. The fourth-order valence-electron chi connectivity index (χ4n) is 1.91. The number of hydrogen-bond donors (Lipinski definition) is 0. The lowest BCUT2D eigenvalue weighted by molar-refractivity contribution is -0.0445. The van der Waals surface area contributed by atoms with Crippen molar-refractivity contribution in [1.29, 1.82) is 0 Å². The zero-order chi connectivity index (χ0) is 16.0. The first-order valence-electron chi connectivity index (χ1n) is 5.67. The monoisotopic (exact) mass is 341 g/mol. The van der Waals surface area contributed by atoms with Gasteiger partial charge in [-0.1, -0.05) is 11.6 Å². The summed E-state index contributed by atoms with van der Waals surface area (Å²) in [6.45, 7) is 0.182. The molecule has 21 heavy (non-hydrogen) atoms. The lowest BCUT2D eigenvalue weighted by Gasteiger charge is -2.11. The molecule has 0 N–H and O–H groups in total. The second-order valence-corrected chi connectivity index (χ2v) is 6.73. The van der Waals surface area contributed by atoms with Crippen LogP contribution in [0.25, 0.3) is 11.0 Å². The van der Waals surface area contributed by atoms with E-state index in [-0.39, 0.29) is 27.1 Å². The molecule has 0 aliphatic carbocycles. The minimum absolute atomic E-state index is 0.0444. The molecule has 0 saturated heterocycles. The molecule has 0 unspecified atom stereocenters. The molecule has 2 heterocycles.